The van der Waals surface area contributed by atoms with E-state index in [1.807, 2.05) is 0 Å². The van der Waals surface area contributed by atoms with Crippen molar-refractivity contribution in [3.05, 3.63) is 155 Å². The second-order valence-corrected chi connectivity index (χ2v) is 23.0. The number of benzene rings is 5. The van der Waals surface area contributed by atoms with Gasteiger partial charge in [0.1, 0.15) is 40.9 Å². The molecule has 2 aliphatic rings. The number of phenols is 2. The van der Waals surface area contributed by atoms with Crippen LogP contribution in [0.1, 0.15) is 118 Å². The maximum Gasteiger partial charge on any atom is 0.340 e. The first-order chi connectivity index (χ1) is 47.0. The Kier molecular flexibility index (Phi) is 21.2. The second kappa shape index (κ2) is 30.3. The maximum atomic E-state index is 13.5. The molecule has 3 aromatic heterocycles. The average Bonchev–Trinajstić information content (AvgIpc) is 1.33. The summed E-state index contributed by atoms with van der Waals surface area (Å²) >= 11 is 5.49. The molecule has 0 saturated carbocycles. The van der Waals surface area contributed by atoms with Crippen LogP contribution < -0.4 is 47.1 Å². The minimum atomic E-state index is -1.52. The number of rotatable bonds is 30. The molecule has 1 spiro atoms. The topological polar surface area (TPSA) is 483 Å². The van der Waals surface area contributed by atoms with Crippen LogP contribution in [0.5, 0.6) is 34.8 Å². The number of carbonyl (C=O) groups is 9. The van der Waals surface area contributed by atoms with E-state index in [4.69, 9.17) is 32.2 Å². The highest BCUT2D eigenvalue weighted by Crippen LogP contribution is 2.57. The number of phenolic OH excluding ortho intramolecular Hbond substituents is 2. The number of amides is 3. The van der Waals surface area contributed by atoms with E-state index >= 15 is 0 Å². The Hall–Kier alpha value is -12.4. The predicted octanol–water partition coefficient (Wildman–Crippen LogP) is 5.12. The smallest absolute Gasteiger partial charge is 0.340 e. The third-order valence-corrected chi connectivity index (χ3v) is 16.0. The number of aliphatic carboxylic acids is 3. The van der Waals surface area contributed by atoms with Crippen molar-refractivity contribution < 1.29 is 88.0 Å². The number of aromatic hydroxyl groups is 3. The van der Waals surface area contributed by atoms with Crippen LogP contribution in [0.3, 0.4) is 0 Å². The maximum absolute atomic E-state index is 13.5. The molecule has 3 atom stereocenters. The van der Waals surface area contributed by atoms with Gasteiger partial charge in [0, 0.05) is 90.1 Å². The van der Waals surface area contributed by atoms with E-state index in [1.165, 1.54) is 65.6 Å². The quantitative estimate of drug-likeness (QED) is 0.0158. The molecule has 0 saturated heterocycles. The zero-order valence-corrected chi connectivity index (χ0v) is 52.4. The fourth-order valence-corrected chi connectivity index (χ4v) is 11.0. The van der Waals surface area contributed by atoms with Crippen molar-refractivity contribution in [1.29, 1.82) is 0 Å². The number of carboxylic acid groups (broad SMARTS) is 3. The normalized spacial score (nSPS) is 13.2. The van der Waals surface area contributed by atoms with Gasteiger partial charge in [-0.3, -0.25) is 28.8 Å². The van der Waals surface area contributed by atoms with Crippen LogP contribution in [0.25, 0.3) is 16.9 Å². The van der Waals surface area contributed by atoms with E-state index < -0.39 is 102 Å². The first-order valence-corrected chi connectivity index (χ1v) is 30.8. The van der Waals surface area contributed by atoms with Gasteiger partial charge in [0.05, 0.1) is 41.8 Å². The molecule has 33 heteroatoms. The molecule has 2 aliphatic heterocycles. The lowest BCUT2D eigenvalue weighted by Gasteiger charge is -2.36. The number of nitrogen functional groups attached to an aromatic ring is 1. The van der Waals surface area contributed by atoms with E-state index in [1.54, 1.807) is 54.6 Å². The third-order valence-electron chi connectivity index (χ3n) is 15.7. The molecule has 98 heavy (non-hydrogen) atoms. The minimum Gasteiger partial charge on any atom is -0.508 e. The fourth-order valence-electron chi connectivity index (χ4n) is 10.8. The van der Waals surface area contributed by atoms with Crippen molar-refractivity contribution in [3.8, 4) is 40.4 Å². The largest absolute Gasteiger partial charge is 0.508 e. The molecule has 0 radical (unpaired) electrons. The van der Waals surface area contributed by atoms with Gasteiger partial charge in [0.15, 0.2) is 21.9 Å². The number of aromatic nitrogens is 7. The number of nitrogens with zero attached hydrogens (tertiary/aromatic N) is 7. The number of unbranched alkanes of at least 4 members (excludes halogenated alkanes) is 1. The van der Waals surface area contributed by atoms with Gasteiger partial charge < -0.3 is 82.5 Å². The lowest BCUT2D eigenvalue weighted by molar-refractivity contribution is -0.145. The van der Waals surface area contributed by atoms with Crippen LogP contribution in [0.15, 0.2) is 116 Å². The summed E-state index contributed by atoms with van der Waals surface area (Å²) in [4.78, 5) is 130. The molecular formula is C65H62N14O18S. The monoisotopic (exact) mass is 1360 g/mol. The molecule has 0 fully saturated rings. The molecule has 5 heterocycles. The Morgan fingerprint density at radius 3 is 2.02 bits per heavy atom. The summed E-state index contributed by atoms with van der Waals surface area (Å²) in [6, 6.07) is 23.3. The van der Waals surface area contributed by atoms with Gasteiger partial charge in [-0.15, -0.1) is 0 Å². The van der Waals surface area contributed by atoms with Gasteiger partial charge >= 0.3 is 29.8 Å². The Bertz CT molecular complexity index is 4390. The van der Waals surface area contributed by atoms with Crippen molar-refractivity contribution in [2.24, 2.45) is 5.92 Å². The zero-order valence-electron chi connectivity index (χ0n) is 51.6. The van der Waals surface area contributed by atoms with Crippen molar-refractivity contribution in [1.82, 2.24) is 56.2 Å². The van der Waals surface area contributed by atoms with Crippen LogP contribution in [0.4, 0.5) is 17.3 Å². The summed E-state index contributed by atoms with van der Waals surface area (Å²) in [6.45, 7) is 0.570. The molecule has 506 valence electrons. The molecule has 0 bridgehead atoms. The predicted molar refractivity (Wildman–Crippen MR) is 347 cm³/mol. The number of ether oxygens (including phenoxy) is 3. The number of Topliss-reactive ketones (excluding diaryl/α,β-unsaturated/α-hetero) is 1. The number of thiocarbonyl (C=S) groups is 1. The van der Waals surface area contributed by atoms with Gasteiger partial charge in [0.25, 0.3) is 17.7 Å². The van der Waals surface area contributed by atoms with E-state index in [9.17, 15) is 73.8 Å². The van der Waals surface area contributed by atoms with E-state index in [0.717, 1.165) is 0 Å². The number of hydrogen-bond donors (Lipinski definition) is 13. The van der Waals surface area contributed by atoms with Gasteiger partial charge in [-0.1, -0.05) is 16.4 Å². The summed E-state index contributed by atoms with van der Waals surface area (Å²) in [6.07, 6.45) is 1.51. The molecule has 5 aromatic carbocycles. The zero-order chi connectivity index (χ0) is 69.8. The summed E-state index contributed by atoms with van der Waals surface area (Å²) in [5.41, 5.74) is 8.30. The number of fused-ring (bicyclic) bond motifs is 7. The van der Waals surface area contributed by atoms with Crippen molar-refractivity contribution >= 4 is 99.2 Å². The number of carbonyl (C=O) groups excluding carboxylic acids is 6. The molecule has 0 aliphatic carbocycles. The first-order valence-electron chi connectivity index (χ1n) is 30.4. The van der Waals surface area contributed by atoms with Crippen LogP contribution in [-0.2, 0) is 45.6 Å². The molecular weight excluding hydrogens is 1300 g/mol. The number of hydrogen-bond acceptors (Lipinski definition) is 24. The first kappa shape index (κ1) is 68.4. The summed E-state index contributed by atoms with van der Waals surface area (Å²) in [5, 5.41) is 84.7. The van der Waals surface area contributed by atoms with E-state index in [-0.39, 0.29) is 120 Å². The fraction of sp³-hybridized carbons (Fsp3) is 0.262. The van der Waals surface area contributed by atoms with Crippen molar-refractivity contribution in [2.45, 2.75) is 88.4 Å². The average molecular weight is 1360 g/mol. The Morgan fingerprint density at radius 2 is 1.33 bits per heavy atom. The number of anilines is 3. The van der Waals surface area contributed by atoms with E-state index in [0.29, 0.717) is 52.3 Å². The number of carboxylic acids is 3. The molecule has 3 amide bonds. The Morgan fingerprint density at radius 1 is 0.673 bits per heavy atom. The highest BCUT2D eigenvalue weighted by molar-refractivity contribution is 7.80. The van der Waals surface area contributed by atoms with Crippen molar-refractivity contribution in [3.63, 3.8) is 0 Å². The summed E-state index contributed by atoms with van der Waals surface area (Å²) in [7, 11) is 0. The van der Waals surface area contributed by atoms with Crippen molar-refractivity contribution in [2.75, 3.05) is 29.5 Å². The van der Waals surface area contributed by atoms with E-state index in [2.05, 4.69) is 62.1 Å². The number of ketones is 1. The Balaban J connectivity index is 0.589. The second-order valence-electron chi connectivity index (χ2n) is 22.6. The number of nitrogens with two attached hydrogens (primary N) is 1. The molecule has 10 rings (SSSR count). The van der Waals surface area contributed by atoms with Crippen LogP contribution in [-0.4, -0.2) is 149 Å². The lowest BCUT2D eigenvalue weighted by Crippen LogP contribution is -2.41. The van der Waals surface area contributed by atoms with Gasteiger partial charge in [0.2, 0.25) is 17.7 Å². The molecule has 32 nitrogen and oxygen atoms in total. The molecule has 8 aromatic rings. The summed E-state index contributed by atoms with van der Waals surface area (Å²) in [5.74, 6) is -9.68. The van der Waals surface area contributed by atoms with Gasteiger partial charge in [-0.2, -0.15) is 9.97 Å². The van der Waals surface area contributed by atoms with Crippen LogP contribution >= 0.6 is 12.2 Å². The van der Waals surface area contributed by atoms with Crippen LogP contribution in [0, 0.1) is 5.92 Å². The molecule has 14 N–H and O–H groups in total. The Labute approximate surface area is 560 Å². The lowest BCUT2D eigenvalue weighted by atomic mass is 9.77. The number of esters is 2. The highest BCUT2D eigenvalue weighted by Gasteiger charge is 2.54. The number of nitrogens with one attached hydrogen (secondary N) is 6. The van der Waals surface area contributed by atoms with Gasteiger partial charge in [-0.05, 0) is 136 Å². The van der Waals surface area contributed by atoms with Crippen LogP contribution in [0.2, 0.25) is 0 Å². The minimum absolute atomic E-state index is 0.0186. The SMILES string of the molecule is Nc1nc(O)c2nc(CNc3ccc(C(=O)N[C@@H](CCC(=O)C[C@@H](CCC(=O)N[C@@H](CCCCNC(=O)c4ccc(-n5cc(OC(=O)CCCNC(=S)Nc6ccc7c(c6)C(=O)OC76c7ccc(O)cc7Oc7cc(O)ccc76)nn5)cc4)C(=O)O)C(=O)O)C(=O)O)cc3)cnc2n1. The summed E-state index contributed by atoms with van der Waals surface area (Å²) < 4.78 is 18.8. The molecule has 0 unspecified atom stereocenters. The van der Waals surface area contributed by atoms with Gasteiger partial charge in [-0.25, -0.2) is 29.0 Å². The third kappa shape index (κ3) is 16.5. The highest BCUT2D eigenvalue weighted by atomic mass is 32.1. The standard InChI is InChI=1S/C65H62N14O18S/c66-63-75-55-54(58(87)76-63)71-38(31-70-55)30-69-36-11-6-34(7-12-36)57(86)74-48(61(92)93)22-18-40(80)26-35(59(88)89)10-23-51(83)73-47(60(90)91)4-1-2-24-67-56(85)33-8-14-39(15-9-33)79-32-52(77-78-79)96-53(84)5-3-25-68-64(98)72-37-13-19-44-43(27-37)62(94)97-65(44)45-20-16-41(81)28-49(45)95-50-29-42(82)17-21-46(50)65/h6-9,11-17,19-21,27-29,31-32,35,47-48,69,81-82H,1-5,10,18,22-26,30H2,(H,67,85)(H,73,83)(H,74,86)(H,88,89)(H,90,91)(H,92,93)(H2,68,72,98)(H3,66,70,75,76,87)/t35-,47+,48+/m1/s1.